The molecule has 0 aliphatic heterocycles. The van der Waals surface area contributed by atoms with Crippen LogP contribution in [0.5, 0.6) is 11.1 Å². The predicted molar refractivity (Wildman–Crippen MR) is 84.7 cm³/mol. The zero-order valence-electron chi connectivity index (χ0n) is 12.7. The molecule has 4 rings (SSSR count). The van der Waals surface area contributed by atoms with Crippen LogP contribution in [0.2, 0.25) is 0 Å². The highest BCUT2D eigenvalue weighted by atomic mass is 32.1. The molecule has 2 aliphatic rings. The van der Waals surface area contributed by atoms with Gasteiger partial charge in [0.05, 0.1) is 12.7 Å². The predicted octanol–water partition coefficient (Wildman–Crippen LogP) is 3.43. The van der Waals surface area contributed by atoms with Crippen molar-refractivity contribution in [1.82, 2.24) is 9.97 Å². The Labute approximate surface area is 133 Å². The minimum atomic E-state index is 0.222. The molecular weight excluding hydrogens is 300 g/mol. The fourth-order valence-electron chi connectivity index (χ4n) is 2.72. The van der Waals surface area contributed by atoms with Crippen LogP contribution >= 0.6 is 11.3 Å². The molecule has 2 aliphatic carbocycles. The number of rotatable bonds is 6. The van der Waals surface area contributed by atoms with Crippen molar-refractivity contribution in [3.05, 3.63) is 12.1 Å². The zero-order valence-corrected chi connectivity index (χ0v) is 13.5. The third-order valence-corrected chi connectivity index (χ3v) is 5.41. The number of hydrogen-bond acceptors (Lipinski definition) is 6. The second kappa shape index (κ2) is 6.01. The molecule has 0 spiro atoms. The van der Waals surface area contributed by atoms with Crippen LogP contribution in [0.15, 0.2) is 12.1 Å². The lowest BCUT2D eigenvalue weighted by Gasteiger charge is -2.33. The van der Waals surface area contributed by atoms with Gasteiger partial charge >= 0.3 is 0 Å². The normalized spacial score (nSPS) is 24.8. The number of methoxy groups -OCH3 is 1. The van der Waals surface area contributed by atoms with Crippen molar-refractivity contribution in [3.8, 4) is 11.1 Å². The standard InChI is InChI=1S/C16H20N2O3S/c1-19-11-7-12(8-11)21-16-17-13-5-6-14(18-15(13)22-16)20-9-10-3-2-4-10/h5-6,10-12H,2-4,7-9H2,1H3. The van der Waals surface area contributed by atoms with Gasteiger partial charge in [0.15, 0.2) is 4.83 Å². The van der Waals surface area contributed by atoms with E-state index in [0.29, 0.717) is 23.1 Å². The van der Waals surface area contributed by atoms with Crippen LogP contribution in [0, 0.1) is 5.92 Å². The van der Waals surface area contributed by atoms with Crippen LogP contribution in [0.4, 0.5) is 0 Å². The molecule has 0 saturated heterocycles. The maximum atomic E-state index is 5.88. The fourth-order valence-corrected chi connectivity index (χ4v) is 3.57. The van der Waals surface area contributed by atoms with Crippen LogP contribution in [-0.4, -0.2) is 35.9 Å². The average molecular weight is 320 g/mol. The lowest BCUT2D eigenvalue weighted by Crippen LogP contribution is -2.38. The van der Waals surface area contributed by atoms with Gasteiger partial charge in [0.1, 0.15) is 11.6 Å². The molecule has 118 valence electrons. The van der Waals surface area contributed by atoms with Crippen molar-refractivity contribution in [2.24, 2.45) is 5.92 Å². The molecule has 0 aromatic carbocycles. The molecule has 2 aromatic heterocycles. The molecule has 0 radical (unpaired) electrons. The van der Waals surface area contributed by atoms with Gasteiger partial charge in [-0.05, 0) is 24.8 Å². The smallest absolute Gasteiger partial charge is 0.276 e. The van der Waals surface area contributed by atoms with Gasteiger partial charge in [-0.25, -0.2) is 9.97 Å². The van der Waals surface area contributed by atoms with E-state index in [1.807, 2.05) is 12.1 Å². The van der Waals surface area contributed by atoms with E-state index in [1.54, 1.807) is 7.11 Å². The Morgan fingerprint density at radius 3 is 2.77 bits per heavy atom. The third kappa shape index (κ3) is 2.90. The van der Waals surface area contributed by atoms with Crippen LogP contribution in [0.3, 0.4) is 0 Å². The van der Waals surface area contributed by atoms with Crippen molar-refractivity contribution in [2.75, 3.05) is 13.7 Å². The van der Waals surface area contributed by atoms with E-state index < -0.39 is 0 Å². The highest BCUT2D eigenvalue weighted by molar-refractivity contribution is 7.19. The van der Waals surface area contributed by atoms with E-state index in [9.17, 15) is 0 Å². The summed E-state index contributed by atoms with van der Waals surface area (Å²) in [5, 5.41) is 0.693. The first-order valence-electron chi connectivity index (χ1n) is 7.90. The number of aromatic nitrogens is 2. The minimum Gasteiger partial charge on any atom is -0.477 e. The van der Waals surface area contributed by atoms with Crippen molar-refractivity contribution >= 4 is 21.7 Å². The van der Waals surface area contributed by atoms with Gasteiger partial charge in [-0.1, -0.05) is 17.8 Å². The summed E-state index contributed by atoms with van der Waals surface area (Å²) in [7, 11) is 1.74. The molecule has 2 heterocycles. The maximum absolute atomic E-state index is 5.88. The van der Waals surface area contributed by atoms with Crippen LogP contribution in [-0.2, 0) is 4.74 Å². The molecule has 2 fully saturated rings. The molecule has 0 amide bonds. The number of ether oxygens (including phenoxy) is 3. The maximum Gasteiger partial charge on any atom is 0.276 e. The summed E-state index contributed by atoms with van der Waals surface area (Å²) in [6, 6.07) is 3.86. The molecule has 5 nitrogen and oxygen atoms in total. The molecule has 0 bridgehead atoms. The van der Waals surface area contributed by atoms with E-state index in [-0.39, 0.29) is 6.10 Å². The van der Waals surface area contributed by atoms with Crippen molar-refractivity contribution in [3.63, 3.8) is 0 Å². The SMILES string of the molecule is COC1CC(Oc2nc3ccc(OCC4CCC4)nc3s2)C1. The van der Waals surface area contributed by atoms with Gasteiger partial charge in [-0.15, -0.1) is 0 Å². The van der Waals surface area contributed by atoms with Gasteiger partial charge in [0, 0.05) is 26.0 Å². The van der Waals surface area contributed by atoms with Gasteiger partial charge in [-0.3, -0.25) is 0 Å². The first-order chi connectivity index (χ1) is 10.8. The lowest BCUT2D eigenvalue weighted by molar-refractivity contribution is -0.0380. The topological polar surface area (TPSA) is 53.5 Å². The molecule has 0 atom stereocenters. The Morgan fingerprint density at radius 1 is 1.18 bits per heavy atom. The largest absolute Gasteiger partial charge is 0.477 e. The molecule has 22 heavy (non-hydrogen) atoms. The Balaban J connectivity index is 1.39. The summed E-state index contributed by atoms with van der Waals surface area (Å²) in [5.74, 6) is 1.41. The number of hydrogen-bond donors (Lipinski definition) is 0. The highest BCUT2D eigenvalue weighted by Gasteiger charge is 2.31. The monoisotopic (exact) mass is 320 g/mol. The van der Waals surface area contributed by atoms with E-state index in [1.165, 1.54) is 30.6 Å². The average Bonchev–Trinajstić information content (AvgIpc) is 2.82. The minimum absolute atomic E-state index is 0.222. The van der Waals surface area contributed by atoms with Gasteiger partial charge < -0.3 is 14.2 Å². The Kier molecular flexibility index (Phi) is 3.88. The van der Waals surface area contributed by atoms with Crippen molar-refractivity contribution < 1.29 is 14.2 Å². The van der Waals surface area contributed by atoms with Gasteiger partial charge in [0.2, 0.25) is 5.88 Å². The summed E-state index contributed by atoms with van der Waals surface area (Å²) >= 11 is 1.49. The quantitative estimate of drug-likeness (QED) is 0.816. The Hall–Kier alpha value is -1.40. The first kappa shape index (κ1) is 14.2. The summed E-state index contributed by atoms with van der Waals surface area (Å²) < 4.78 is 16.9. The zero-order chi connectivity index (χ0) is 14.9. The molecule has 6 heteroatoms. The number of fused-ring (bicyclic) bond motifs is 1. The van der Waals surface area contributed by atoms with E-state index in [4.69, 9.17) is 14.2 Å². The van der Waals surface area contributed by atoms with Crippen LogP contribution in [0.1, 0.15) is 32.1 Å². The van der Waals surface area contributed by atoms with Crippen LogP contribution < -0.4 is 9.47 Å². The third-order valence-electron chi connectivity index (χ3n) is 4.55. The van der Waals surface area contributed by atoms with Gasteiger partial charge in [-0.2, -0.15) is 0 Å². The number of thiazole rings is 1. The Morgan fingerprint density at radius 2 is 2.05 bits per heavy atom. The second-order valence-electron chi connectivity index (χ2n) is 6.13. The number of pyridine rings is 1. The van der Waals surface area contributed by atoms with Crippen molar-refractivity contribution in [1.29, 1.82) is 0 Å². The van der Waals surface area contributed by atoms with Crippen LogP contribution in [0.25, 0.3) is 10.3 Å². The lowest BCUT2D eigenvalue weighted by atomic mass is 9.86. The molecule has 0 N–H and O–H groups in total. The number of nitrogens with zero attached hydrogens (tertiary/aromatic N) is 2. The van der Waals surface area contributed by atoms with E-state index >= 15 is 0 Å². The second-order valence-corrected chi connectivity index (χ2v) is 7.07. The molecule has 0 unspecified atom stereocenters. The van der Waals surface area contributed by atoms with E-state index in [2.05, 4.69) is 9.97 Å². The first-order valence-corrected chi connectivity index (χ1v) is 8.71. The molecular formula is C16H20N2O3S. The summed E-state index contributed by atoms with van der Waals surface area (Å²) in [6.45, 7) is 0.779. The summed E-state index contributed by atoms with van der Waals surface area (Å²) in [6.07, 6.45) is 6.34. The van der Waals surface area contributed by atoms with Gasteiger partial charge in [0.25, 0.3) is 5.19 Å². The van der Waals surface area contributed by atoms with E-state index in [0.717, 1.165) is 29.8 Å². The fraction of sp³-hybridized carbons (Fsp3) is 0.625. The summed E-state index contributed by atoms with van der Waals surface area (Å²) in [5.41, 5.74) is 0.874. The molecule has 2 saturated carbocycles. The van der Waals surface area contributed by atoms with Crippen molar-refractivity contribution in [2.45, 2.75) is 44.3 Å². The Bertz CT molecular complexity index is 650. The molecule has 2 aromatic rings. The highest BCUT2D eigenvalue weighted by Crippen LogP contribution is 2.33. The summed E-state index contributed by atoms with van der Waals surface area (Å²) in [4.78, 5) is 9.90.